The number of rotatable bonds is 7. The van der Waals surface area contributed by atoms with Crippen LogP contribution >= 0.6 is 0 Å². The van der Waals surface area contributed by atoms with Crippen molar-refractivity contribution in [2.45, 2.75) is 0 Å². The summed E-state index contributed by atoms with van der Waals surface area (Å²) in [6, 6.07) is 0. The van der Waals surface area contributed by atoms with E-state index in [9.17, 15) is 0 Å². The van der Waals surface area contributed by atoms with Gasteiger partial charge in [0, 0.05) is 28.4 Å². The van der Waals surface area contributed by atoms with Gasteiger partial charge in [-0.2, -0.15) is 0 Å². The SMILES string of the molecule is C=C[Si](C=C)(OC)[Si](OC)(OC)OC. The smallest absolute Gasteiger partial charge is 0.409 e. The molecule has 0 aromatic heterocycles. The molecule has 0 bridgehead atoms. The summed E-state index contributed by atoms with van der Waals surface area (Å²) < 4.78 is 21.6. The predicted molar refractivity (Wildman–Crippen MR) is 59.9 cm³/mol. The molecule has 0 aliphatic carbocycles. The highest BCUT2D eigenvalue weighted by atomic mass is 29.3. The Hall–Kier alpha value is -0.246. The van der Waals surface area contributed by atoms with Gasteiger partial charge in [0.15, 0.2) is 0 Å². The quantitative estimate of drug-likeness (QED) is 0.616. The lowest BCUT2D eigenvalue weighted by Gasteiger charge is -2.35. The average Bonchev–Trinajstić information content (AvgIpc) is 2.27. The van der Waals surface area contributed by atoms with Crippen molar-refractivity contribution < 1.29 is 17.7 Å². The topological polar surface area (TPSA) is 36.9 Å². The minimum atomic E-state index is -2.82. The van der Waals surface area contributed by atoms with Gasteiger partial charge < -0.3 is 17.7 Å². The molecule has 0 rings (SSSR count). The summed E-state index contributed by atoms with van der Waals surface area (Å²) in [6.07, 6.45) is 0. The predicted octanol–water partition coefficient (Wildman–Crippen LogP) is 0.985. The molecule has 0 saturated carbocycles. The lowest BCUT2D eigenvalue weighted by Crippen LogP contribution is -2.67. The summed E-state index contributed by atoms with van der Waals surface area (Å²) in [5.41, 5.74) is 3.42. The highest BCUT2D eigenvalue weighted by Gasteiger charge is 2.60. The summed E-state index contributed by atoms with van der Waals surface area (Å²) in [6.45, 7) is 7.49. The summed E-state index contributed by atoms with van der Waals surface area (Å²) in [5, 5.41) is 0. The molecule has 0 N–H and O–H groups in total. The van der Waals surface area contributed by atoms with E-state index >= 15 is 0 Å². The fourth-order valence-corrected chi connectivity index (χ4v) is 9.18. The van der Waals surface area contributed by atoms with E-state index in [0.717, 1.165) is 0 Å². The molecule has 0 aliphatic heterocycles. The summed E-state index contributed by atoms with van der Waals surface area (Å²) in [4.78, 5) is 0. The maximum Gasteiger partial charge on any atom is 0.513 e. The summed E-state index contributed by atoms with van der Waals surface area (Å²) in [5.74, 6) is 0. The van der Waals surface area contributed by atoms with Gasteiger partial charge in [0.05, 0.1) is 0 Å². The fraction of sp³-hybridized carbons (Fsp3) is 0.500. The van der Waals surface area contributed by atoms with Crippen molar-refractivity contribution in [1.82, 2.24) is 0 Å². The molecular formula is C8H18O4Si2. The van der Waals surface area contributed by atoms with E-state index in [1.165, 1.54) is 0 Å². The third kappa shape index (κ3) is 1.90. The lowest BCUT2D eigenvalue weighted by molar-refractivity contribution is 0.138. The Kier molecular flexibility index (Phi) is 5.49. The minimum absolute atomic E-state index is 1.55. The molecule has 0 fully saturated rings. The summed E-state index contributed by atoms with van der Waals surface area (Å²) >= 11 is 0. The third-order valence-corrected chi connectivity index (χ3v) is 13.2. The van der Waals surface area contributed by atoms with Gasteiger partial charge in [-0.05, 0) is 0 Å². The van der Waals surface area contributed by atoms with Crippen LogP contribution in [0.15, 0.2) is 24.6 Å². The zero-order valence-electron chi connectivity index (χ0n) is 9.20. The van der Waals surface area contributed by atoms with Gasteiger partial charge in [-0.25, -0.2) is 0 Å². The average molecular weight is 234 g/mol. The zero-order valence-corrected chi connectivity index (χ0v) is 11.2. The number of hydrogen-bond donors (Lipinski definition) is 0. The molecule has 82 valence electrons. The molecule has 6 heteroatoms. The van der Waals surface area contributed by atoms with E-state index < -0.39 is 16.2 Å². The van der Waals surface area contributed by atoms with E-state index in [0.29, 0.717) is 0 Å². The Labute approximate surface area is 87.4 Å². The standard InChI is InChI=1S/C8H18O4Si2/c1-7-13(8-2,9-3)14(10-4,11-5)12-6/h7-8H,1-2H2,3-6H3. The molecule has 0 aliphatic rings. The van der Waals surface area contributed by atoms with E-state index in [-0.39, 0.29) is 0 Å². The summed E-state index contributed by atoms with van der Waals surface area (Å²) in [7, 11) is 0.924. The molecule has 0 spiro atoms. The van der Waals surface area contributed by atoms with Gasteiger partial charge in [-0.1, -0.05) is 11.4 Å². The van der Waals surface area contributed by atoms with Crippen LogP contribution < -0.4 is 0 Å². The molecule has 14 heavy (non-hydrogen) atoms. The molecular weight excluding hydrogens is 216 g/mol. The molecule has 0 amide bonds. The maximum absolute atomic E-state index is 5.46. The second-order valence-corrected chi connectivity index (χ2v) is 11.9. The van der Waals surface area contributed by atoms with Gasteiger partial charge in [-0.15, -0.1) is 13.2 Å². The van der Waals surface area contributed by atoms with Crippen LogP contribution in [-0.2, 0) is 17.7 Å². The number of hydrogen-bond acceptors (Lipinski definition) is 4. The van der Waals surface area contributed by atoms with Gasteiger partial charge in [0.2, 0.25) is 0 Å². The molecule has 0 radical (unpaired) electrons. The second-order valence-electron chi connectivity index (χ2n) is 2.57. The molecule has 4 nitrogen and oxygen atoms in total. The Morgan fingerprint density at radius 2 is 1.14 bits per heavy atom. The van der Waals surface area contributed by atoms with Crippen molar-refractivity contribution in [3.05, 3.63) is 24.6 Å². The van der Waals surface area contributed by atoms with Gasteiger partial charge in [-0.3, -0.25) is 0 Å². The normalized spacial score (nSPS) is 12.6. The van der Waals surface area contributed by atoms with Crippen molar-refractivity contribution in [1.29, 1.82) is 0 Å². The van der Waals surface area contributed by atoms with E-state index in [2.05, 4.69) is 13.2 Å². The van der Waals surface area contributed by atoms with E-state index in [1.807, 2.05) is 0 Å². The molecule has 0 saturated heterocycles. The van der Waals surface area contributed by atoms with Crippen LogP contribution in [0.4, 0.5) is 0 Å². The first kappa shape index (κ1) is 13.8. The van der Waals surface area contributed by atoms with Crippen molar-refractivity contribution in [3.63, 3.8) is 0 Å². The zero-order chi connectivity index (χ0) is 11.2. The van der Waals surface area contributed by atoms with Crippen molar-refractivity contribution in [2.24, 2.45) is 0 Å². The highest BCUT2D eigenvalue weighted by Crippen LogP contribution is 2.23. The van der Waals surface area contributed by atoms with Gasteiger partial charge >= 0.3 is 16.2 Å². The molecule has 0 unspecified atom stereocenters. The first-order valence-electron chi connectivity index (χ1n) is 4.09. The minimum Gasteiger partial charge on any atom is -0.409 e. The van der Waals surface area contributed by atoms with Crippen LogP contribution in [0.3, 0.4) is 0 Å². The van der Waals surface area contributed by atoms with Crippen LogP contribution in [-0.4, -0.2) is 44.6 Å². The third-order valence-electron chi connectivity index (χ3n) is 2.23. The molecule has 0 atom stereocenters. The lowest BCUT2D eigenvalue weighted by atomic mass is 11.2. The van der Waals surface area contributed by atoms with Crippen LogP contribution in [0.1, 0.15) is 0 Å². The Morgan fingerprint density at radius 3 is 1.21 bits per heavy atom. The van der Waals surface area contributed by atoms with Gasteiger partial charge in [0.1, 0.15) is 0 Å². The second kappa shape index (κ2) is 5.59. The fourth-order valence-electron chi connectivity index (χ4n) is 1.35. The van der Waals surface area contributed by atoms with Gasteiger partial charge in [0.25, 0.3) is 0 Å². The Balaban J connectivity index is 5.29. The molecule has 0 heterocycles. The van der Waals surface area contributed by atoms with Crippen molar-refractivity contribution in [2.75, 3.05) is 28.4 Å². The molecule has 0 aromatic rings. The largest absolute Gasteiger partial charge is 0.513 e. The van der Waals surface area contributed by atoms with Crippen LogP contribution in [0.25, 0.3) is 0 Å². The Bertz CT molecular complexity index is 187. The monoisotopic (exact) mass is 234 g/mol. The first-order chi connectivity index (χ1) is 6.61. The maximum atomic E-state index is 5.46. The van der Waals surface area contributed by atoms with Crippen molar-refractivity contribution in [3.8, 4) is 0 Å². The van der Waals surface area contributed by atoms with Crippen LogP contribution in [0.2, 0.25) is 0 Å². The van der Waals surface area contributed by atoms with Crippen molar-refractivity contribution >= 4 is 16.2 Å². The Morgan fingerprint density at radius 1 is 0.786 bits per heavy atom. The highest BCUT2D eigenvalue weighted by molar-refractivity contribution is 7.36. The van der Waals surface area contributed by atoms with E-state index in [4.69, 9.17) is 17.7 Å². The van der Waals surface area contributed by atoms with Crippen LogP contribution in [0, 0.1) is 0 Å². The molecule has 0 aromatic carbocycles. The van der Waals surface area contributed by atoms with Crippen LogP contribution in [0.5, 0.6) is 0 Å². The van der Waals surface area contributed by atoms with E-state index in [1.54, 1.807) is 39.8 Å². The first-order valence-corrected chi connectivity index (χ1v) is 8.88.